The van der Waals surface area contributed by atoms with E-state index in [-0.39, 0.29) is 11.6 Å². The summed E-state index contributed by atoms with van der Waals surface area (Å²) in [7, 11) is 0. The first kappa shape index (κ1) is 17.5. The molecule has 1 unspecified atom stereocenters. The zero-order valence-electron chi connectivity index (χ0n) is 14.6. The summed E-state index contributed by atoms with van der Waals surface area (Å²) in [6.07, 6.45) is 4.58. The summed E-state index contributed by atoms with van der Waals surface area (Å²) in [4.78, 5) is 16.8. The number of rotatable bonds is 5. The number of nitrogens with zero attached hydrogens (tertiary/aromatic N) is 2. The molecule has 1 N–H and O–H groups in total. The van der Waals surface area contributed by atoms with Crippen LogP contribution in [0.5, 0.6) is 0 Å². The molecule has 128 valence electrons. The lowest BCUT2D eigenvalue weighted by atomic mass is 9.96. The number of morpholine rings is 1. The van der Waals surface area contributed by atoms with Crippen LogP contribution in [0.25, 0.3) is 0 Å². The minimum Gasteiger partial charge on any atom is -0.372 e. The van der Waals surface area contributed by atoms with Gasteiger partial charge in [0.2, 0.25) is 0 Å². The number of hydrogen-bond acceptors (Lipinski definition) is 3. The summed E-state index contributed by atoms with van der Waals surface area (Å²) in [5.41, 5.74) is -0.179. The first-order valence-electron chi connectivity index (χ1n) is 8.95. The highest BCUT2D eigenvalue weighted by atomic mass is 16.5. The molecule has 0 saturated carbocycles. The zero-order chi connectivity index (χ0) is 16.0. The first-order chi connectivity index (χ1) is 10.6. The highest BCUT2D eigenvalue weighted by Crippen LogP contribution is 2.21. The number of carbonyl (C=O) groups excluding carboxylic acids is 1. The Bertz CT molecular complexity index is 356. The SMILES string of the molecule is CCCN1CCC(CNC(=O)N2CCOC(C)(CC)C2)CC1. The van der Waals surface area contributed by atoms with Crippen molar-refractivity contribution in [3.8, 4) is 0 Å². The third kappa shape index (κ3) is 4.85. The van der Waals surface area contributed by atoms with Crippen molar-refractivity contribution in [2.24, 2.45) is 5.92 Å². The number of nitrogens with one attached hydrogen (secondary N) is 1. The quantitative estimate of drug-likeness (QED) is 0.847. The minimum absolute atomic E-state index is 0.0824. The van der Waals surface area contributed by atoms with Crippen molar-refractivity contribution in [2.75, 3.05) is 45.9 Å². The summed E-state index contributed by atoms with van der Waals surface area (Å²) >= 11 is 0. The van der Waals surface area contributed by atoms with Crippen LogP contribution in [0.1, 0.15) is 46.5 Å². The molecule has 0 bridgehead atoms. The van der Waals surface area contributed by atoms with E-state index >= 15 is 0 Å². The number of ether oxygens (including phenoxy) is 1. The lowest BCUT2D eigenvalue weighted by molar-refractivity contribution is -0.0873. The molecule has 22 heavy (non-hydrogen) atoms. The molecule has 2 aliphatic heterocycles. The second kappa shape index (κ2) is 8.16. The van der Waals surface area contributed by atoms with Crippen molar-refractivity contribution in [2.45, 2.75) is 52.1 Å². The molecule has 0 aliphatic carbocycles. The maximum atomic E-state index is 12.4. The Morgan fingerprint density at radius 3 is 2.64 bits per heavy atom. The van der Waals surface area contributed by atoms with Crippen molar-refractivity contribution in [1.29, 1.82) is 0 Å². The van der Waals surface area contributed by atoms with Gasteiger partial charge in [0.05, 0.1) is 18.8 Å². The second-order valence-electron chi connectivity index (χ2n) is 7.04. The monoisotopic (exact) mass is 311 g/mol. The van der Waals surface area contributed by atoms with Gasteiger partial charge in [0.1, 0.15) is 0 Å². The third-order valence-corrected chi connectivity index (χ3v) is 5.16. The summed E-state index contributed by atoms with van der Waals surface area (Å²) in [6.45, 7) is 12.9. The minimum atomic E-state index is -0.179. The number of piperidine rings is 1. The van der Waals surface area contributed by atoms with E-state index in [1.165, 1.54) is 38.9 Å². The van der Waals surface area contributed by atoms with Crippen molar-refractivity contribution < 1.29 is 9.53 Å². The number of likely N-dealkylation sites (tertiary alicyclic amines) is 1. The van der Waals surface area contributed by atoms with Crippen LogP contribution in [0.2, 0.25) is 0 Å². The third-order valence-electron chi connectivity index (χ3n) is 5.16. The van der Waals surface area contributed by atoms with Gasteiger partial charge in [-0.1, -0.05) is 13.8 Å². The molecule has 2 amide bonds. The van der Waals surface area contributed by atoms with E-state index in [1.54, 1.807) is 0 Å². The molecule has 2 rings (SSSR count). The molecule has 5 heteroatoms. The second-order valence-corrected chi connectivity index (χ2v) is 7.04. The predicted octanol–water partition coefficient (Wildman–Crippen LogP) is 2.32. The number of urea groups is 1. The van der Waals surface area contributed by atoms with Gasteiger partial charge in [-0.15, -0.1) is 0 Å². The molecule has 0 radical (unpaired) electrons. The van der Waals surface area contributed by atoms with Crippen LogP contribution in [0, 0.1) is 5.92 Å². The Morgan fingerprint density at radius 1 is 1.27 bits per heavy atom. The summed E-state index contributed by atoms with van der Waals surface area (Å²) < 4.78 is 5.80. The fraction of sp³-hybridized carbons (Fsp3) is 0.941. The van der Waals surface area contributed by atoms with Crippen LogP contribution in [0.4, 0.5) is 4.79 Å². The molecule has 2 saturated heterocycles. The highest BCUT2D eigenvalue weighted by molar-refractivity contribution is 5.74. The molecule has 1 atom stereocenters. The van der Waals surface area contributed by atoms with E-state index in [0.29, 0.717) is 25.6 Å². The van der Waals surface area contributed by atoms with E-state index < -0.39 is 0 Å². The molecular weight excluding hydrogens is 278 g/mol. The van der Waals surface area contributed by atoms with Crippen LogP contribution >= 0.6 is 0 Å². The Balaban J connectivity index is 1.70. The van der Waals surface area contributed by atoms with Crippen LogP contribution in [-0.4, -0.2) is 67.3 Å². The normalized spacial score (nSPS) is 27.9. The molecular formula is C17H33N3O2. The molecule has 2 fully saturated rings. The van der Waals surface area contributed by atoms with Crippen LogP contribution in [0.3, 0.4) is 0 Å². The topological polar surface area (TPSA) is 44.8 Å². The van der Waals surface area contributed by atoms with Gasteiger partial charge in [0.15, 0.2) is 0 Å². The predicted molar refractivity (Wildman–Crippen MR) is 89.1 cm³/mol. The van der Waals surface area contributed by atoms with Crippen molar-refractivity contribution in [3.05, 3.63) is 0 Å². The standard InChI is InChI=1S/C17H33N3O2/c1-4-8-19-9-6-15(7-10-19)13-18-16(21)20-11-12-22-17(3,5-2)14-20/h15H,4-14H2,1-3H3,(H,18,21). The summed E-state index contributed by atoms with van der Waals surface area (Å²) in [5.74, 6) is 0.635. The van der Waals surface area contributed by atoms with E-state index in [2.05, 4.69) is 31.0 Å². The summed E-state index contributed by atoms with van der Waals surface area (Å²) in [5, 5.41) is 3.14. The Kier molecular flexibility index (Phi) is 6.50. The first-order valence-corrected chi connectivity index (χ1v) is 8.95. The van der Waals surface area contributed by atoms with Gasteiger partial charge in [-0.05, 0) is 58.2 Å². The largest absolute Gasteiger partial charge is 0.372 e. The maximum Gasteiger partial charge on any atom is 0.317 e. The van der Waals surface area contributed by atoms with E-state index in [1.807, 2.05) is 4.90 Å². The van der Waals surface area contributed by atoms with Gasteiger partial charge in [-0.2, -0.15) is 0 Å². The average molecular weight is 311 g/mol. The molecule has 0 spiro atoms. The van der Waals surface area contributed by atoms with Gasteiger partial charge in [-0.25, -0.2) is 4.79 Å². The highest BCUT2D eigenvalue weighted by Gasteiger charge is 2.32. The van der Waals surface area contributed by atoms with Gasteiger partial charge >= 0.3 is 6.03 Å². The molecule has 0 aromatic rings. The molecule has 0 aromatic heterocycles. The van der Waals surface area contributed by atoms with Gasteiger partial charge in [0.25, 0.3) is 0 Å². The number of amides is 2. The molecule has 2 aliphatic rings. The number of hydrogen-bond donors (Lipinski definition) is 1. The van der Waals surface area contributed by atoms with Crippen LogP contribution in [-0.2, 0) is 4.74 Å². The van der Waals surface area contributed by atoms with Gasteiger partial charge < -0.3 is 19.9 Å². The van der Waals surface area contributed by atoms with E-state index in [9.17, 15) is 4.79 Å². The van der Waals surface area contributed by atoms with Gasteiger partial charge in [0, 0.05) is 13.1 Å². The fourth-order valence-corrected chi connectivity index (χ4v) is 3.39. The van der Waals surface area contributed by atoms with Crippen LogP contribution < -0.4 is 5.32 Å². The van der Waals surface area contributed by atoms with Crippen molar-refractivity contribution >= 4 is 6.03 Å². The lowest BCUT2D eigenvalue weighted by Gasteiger charge is -2.40. The van der Waals surface area contributed by atoms with Crippen molar-refractivity contribution in [1.82, 2.24) is 15.1 Å². The molecule has 5 nitrogen and oxygen atoms in total. The van der Waals surface area contributed by atoms with Crippen molar-refractivity contribution in [3.63, 3.8) is 0 Å². The van der Waals surface area contributed by atoms with E-state index in [4.69, 9.17) is 4.74 Å². The fourth-order valence-electron chi connectivity index (χ4n) is 3.39. The maximum absolute atomic E-state index is 12.4. The Morgan fingerprint density at radius 2 is 2.00 bits per heavy atom. The zero-order valence-corrected chi connectivity index (χ0v) is 14.6. The average Bonchev–Trinajstić information content (AvgIpc) is 2.54. The Hall–Kier alpha value is -0.810. The molecule has 0 aromatic carbocycles. The smallest absolute Gasteiger partial charge is 0.317 e. The molecule has 2 heterocycles. The van der Waals surface area contributed by atoms with Crippen LogP contribution in [0.15, 0.2) is 0 Å². The summed E-state index contributed by atoms with van der Waals surface area (Å²) in [6, 6.07) is 0.0824. The van der Waals surface area contributed by atoms with E-state index in [0.717, 1.165) is 13.0 Å². The number of carbonyl (C=O) groups is 1. The Labute approximate surface area is 135 Å². The van der Waals surface area contributed by atoms with Gasteiger partial charge in [-0.3, -0.25) is 0 Å². The lowest BCUT2D eigenvalue weighted by Crippen LogP contribution is -2.55.